The first kappa shape index (κ1) is 16.2. The standard InChI is InChI=1S/C11H16O6Si/c1-5-18(4,16-10(14)6-8(2)12)17-11(15)7-9(3)13/h5H,1,6-7H2,2-4H3. The fourth-order valence-corrected chi connectivity index (χ4v) is 2.29. The van der Waals surface area contributed by atoms with Gasteiger partial charge in [-0.3, -0.25) is 19.2 Å². The highest BCUT2D eigenvalue weighted by atomic mass is 28.4. The van der Waals surface area contributed by atoms with E-state index in [4.69, 9.17) is 8.85 Å². The Labute approximate surface area is 106 Å². The number of Topliss-reactive ketones (excluding diaryl/α,β-unsaturated/α-hetero) is 2. The molecule has 0 rings (SSSR count). The van der Waals surface area contributed by atoms with Gasteiger partial charge in [-0.25, -0.2) is 0 Å². The van der Waals surface area contributed by atoms with Gasteiger partial charge in [0.05, 0.1) is 0 Å². The molecule has 0 atom stereocenters. The van der Waals surface area contributed by atoms with Crippen molar-refractivity contribution in [3.63, 3.8) is 0 Å². The molecule has 0 saturated heterocycles. The monoisotopic (exact) mass is 272 g/mol. The highest BCUT2D eigenvalue weighted by Crippen LogP contribution is 2.11. The zero-order chi connectivity index (χ0) is 14.3. The molecule has 0 aliphatic carbocycles. The molecule has 0 aromatic carbocycles. The molecule has 0 spiro atoms. The largest absolute Gasteiger partial charge is 0.488 e. The van der Waals surface area contributed by atoms with Gasteiger partial charge in [0.2, 0.25) is 0 Å². The van der Waals surface area contributed by atoms with E-state index in [0.717, 1.165) is 0 Å². The van der Waals surface area contributed by atoms with Crippen molar-refractivity contribution in [2.45, 2.75) is 33.2 Å². The van der Waals surface area contributed by atoms with Crippen LogP contribution in [0.15, 0.2) is 12.3 Å². The van der Waals surface area contributed by atoms with Gasteiger partial charge in [-0.15, -0.1) is 6.58 Å². The summed E-state index contributed by atoms with van der Waals surface area (Å²) in [6, 6.07) is 0. The first-order valence-corrected chi connectivity index (χ1v) is 7.64. The average Bonchev–Trinajstić information content (AvgIpc) is 2.13. The van der Waals surface area contributed by atoms with Crippen LogP contribution in [-0.4, -0.2) is 32.1 Å². The molecule has 0 aromatic rings. The van der Waals surface area contributed by atoms with Crippen molar-refractivity contribution in [1.29, 1.82) is 0 Å². The molecule has 0 fully saturated rings. The highest BCUT2D eigenvalue weighted by molar-refractivity contribution is 6.74. The molecule has 7 heteroatoms. The topological polar surface area (TPSA) is 86.7 Å². The van der Waals surface area contributed by atoms with E-state index in [1.54, 1.807) is 0 Å². The van der Waals surface area contributed by atoms with E-state index in [0.29, 0.717) is 0 Å². The summed E-state index contributed by atoms with van der Waals surface area (Å²) in [5, 5.41) is 0. The highest BCUT2D eigenvalue weighted by Gasteiger charge is 2.36. The van der Waals surface area contributed by atoms with Gasteiger partial charge in [-0.05, 0) is 19.5 Å². The Hall–Kier alpha value is -1.76. The van der Waals surface area contributed by atoms with Crippen LogP contribution in [0.3, 0.4) is 0 Å². The fraction of sp³-hybridized carbons (Fsp3) is 0.455. The molecule has 0 saturated carbocycles. The summed E-state index contributed by atoms with van der Waals surface area (Å²) in [5.41, 5.74) is 1.24. The molecular weight excluding hydrogens is 256 g/mol. The molecule has 0 unspecified atom stereocenters. The molecule has 0 amide bonds. The predicted octanol–water partition coefficient (Wildman–Crippen LogP) is 0.828. The second kappa shape index (κ2) is 6.85. The van der Waals surface area contributed by atoms with Crippen LogP contribution in [0.4, 0.5) is 0 Å². The van der Waals surface area contributed by atoms with Crippen molar-refractivity contribution in [1.82, 2.24) is 0 Å². The van der Waals surface area contributed by atoms with Gasteiger partial charge in [0.25, 0.3) is 0 Å². The van der Waals surface area contributed by atoms with Crippen LogP contribution in [0, 0.1) is 0 Å². The maximum Gasteiger partial charge on any atom is 0.488 e. The number of ketones is 2. The molecule has 100 valence electrons. The quantitative estimate of drug-likeness (QED) is 0.504. The third-order valence-electron chi connectivity index (χ3n) is 1.79. The summed E-state index contributed by atoms with van der Waals surface area (Å²) < 4.78 is 9.91. The maximum absolute atomic E-state index is 11.3. The third-order valence-corrected chi connectivity index (χ3v) is 3.80. The lowest BCUT2D eigenvalue weighted by atomic mass is 10.3. The van der Waals surface area contributed by atoms with Crippen molar-refractivity contribution in [3.8, 4) is 0 Å². The molecule has 0 bridgehead atoms. The molecule has 0 N–H and O–H groups in total. The van der Waals surface area contributed by atoms with Crippen molar-refractivity contribution in [2.24, 2.45) is 0 Å². The Morgan fingerprint density at radius 1 is 1.00 bits per heavy atom. The van der Waals surface area contributed by atoms with Gasteiger partial charge >= 0.3 is 20.5 Å². The zero-order valence-electron chi connectivity index (χ0n) is 10.6. The normalized spacial score (nSPS) is 10.4. The minimum absolute atomic E-state index is 0.351. The molecule has 0 aromatic heterocycles. The predicted molar refractivity (Wildman–Crippen MR) is 64.6 cm³/mol. The van der Waals surface area contributed by atoms with Gasteiger partial charge < -0.3 is 8.85 Å². The zero-order valence-corrected chi connectivity index (χ0v) is 11.6. The smallest absolute Gasteiger partial charge is 0.482 e. The van der Waals surface area contributed by atoms with E-state index in [2.05, 4.69) is 6.58 Å². The average molecular weight is 272 g/mol. The van der Waals surface area contributed by atoms with E-state index in [1.807, 2.05) is 0 Å². The number of carbonyl (C=O) groups is 4. The lowest BCUT2D eigenvalue weighted by molar-refractivity contribution is -0.142. The Kier molecular flexibility index (Phi) is 6.18. The van der Waals surface area contributed by atoms with Crippen molar-refractivity contribution >= 4 is 32.1 Å². The summed E-state index contributed by atoms with van der Waals surface area (Å²) >= 11 is 0. The van der Waals surface area contributed by atoms with Crippen molar-refractivity contribution in [2.75, 3.05) is 0 Å². The Balaban J connectivity index is 4.56. The molecule has 0 aliphatic rings. The number of hydrogen-bond donors (Lipinski definition) is 0. The second-order valence-corrected chi connectivity index (χ2v) is 6.77. The van der Waals surface area contributed by atoms with Gasteiger partial charge in [0.15, 0.2) is 0 Å². The second-order valence-electron chi connectivity index (χ2n) is 3.93. The minimum atomic E-state index is -3.22. The summed E-state index contributed by atoms with van der Waals surface area (Å²) in [7, 11) is -3.22. The number of carbonyl (C=O) groups excluding carboxylic acids is 4. The molecule has 18 heavy (non-hydrogen) atoms. The molecule has 6 nitrogen and oxygen atoms in total. The van der Waals surface area contributed by atoms with E-state index >= 15 is 0 Å². The van der Waals surface area contributed by atoms with Gasteiger partial charge in [-0.1, -0.05) is 0 Å². The Bertz CT molecular complexity index is 357. The van der Waals surface area contributed by atoms with Crippen LogP contribution >= 0.6 is 0 Å². The van der Waals surface area contributed by atoms with E-state index < -0.39 is 20.5 Å². The molecule has 0 heterocycles. The van der Waals surface area contributed by atoms with Gasteiger partial charge in [0, 0.05) is 6.55 Å². The maximum atomic E-state index is 11.3. The van der Waals surface area contributed by atoms with Crippen LogP contribution in [0.5, 0.6) is 0 Å². The summed E-state index contributed by atoms with van der Waals surface area (Å²) in [4.78, 5) is 44.1. The molecule has 0 radical (unpaired) electrons. The lowest BCUT2D eigenvalue weighted by Crippen LogP contribution is -2.41. The Morgan fingerprint density at radius 3 is 1.56 bits per heavy atom. The summed E-state index contributed by atoms with van der Waals surface area (Å²) in [5.74, 6) is -2.25. The molecule has 0 aliphatic heterocycles. The first-order valence-electron chi connectivity index (χ1n) is 5.24. The van der Waals surface area contributed by atoms with Crippen LogP contribution in [0.25, 0.3) is 0 Å². The SMILES string of the molecule is C=C[Si](C)(OC(=O)CC(C)=O)OC(=O)CC(C)=O. The number of hydrogen-bond acceptors (Lipinski definition) is 6. The minimum Gasteiger partial charge on any atom is -0.482 e. The van der Waals surface area contributed by atoms with Gasteiger partial charge in [0.1, 0.15) is 24.4 Å². The fourth-order valence-electron chi connectivity index (χ4n) is 1.03. The van der Waals surface area contributed by atoms with E-state index in [1.165, 1.54) is 26.1 Å². The van der Waals surface area contributed by atoms with Crippen LogP contribution < -0.4 is 0 Å². The van der Waals surface area contributed by atoms with Crippen molar-refractivity contribution < 1.29 is 28.0 Å². The summed E-state index contributed by atoms with van der Waals surface area (Å²) in [6.45, 7) is 7.35. The molecular formula is C11H16O6Si. The van der Waals surface area contributed by atoms with Crippen molar-refractivity contribution in [3.05, 3.63) is 12.3 Å². The third kappa shape index (κ3) is 6.74. The first-order chi connectivity index (χ1) is 8.18. The van der Waals surface area contributed by atoms with E-state index in [9.17, 15) is 19.2 Å². The van der Waals surface area contributed by atoms with E-state index in [-0.39, 0.29) is 24.4 Å². The summed E-state index contributed by atoms with van der Waals surface area (Å²) in [6.07, 6.45) is -0.776. The Morgan fingerprint density at radius 2 is 1.33 bits per heavy atom. The lowest BCUT2D eigenvalue weighted by Gasteiger charge is -2.22. The van der Waals surface area contributed by atoms with Crippen LogP contribution in [-0.2, 0) is 28.0 Å². The van der Waals surface area contributed by atoms with Crippen LogP contribution in [0.1, 0.15) is 26.7 Å². The van der Waals surface area contributed by atoms with Gasteiger partial charge in [-0.2, -0.15) is 0 Å². The van der Waals surface area contributed by atoms with Crippen LogP contribution in [0.2, 0.25) is 6.55 Å². The number of rotatable bonds is 7.